The summed E-state index contributed by atoms with van der Waals surface area (Å²) in [5.41, 5.74) is 0. The maximum Gasteiger partial charge on any atom is 0.306 e. The van der Waals surface area contributed by atoms with Gasteiger partial charge in [-0.3, -0.25) is 14.2 Å². The van der Waals surface area contributed by atoms with Crippen molar-refractivity contribution < 1.29 is 37.3 Å². The van der Waals surface area contributed by atoms with Gasteiger partial charge >= 0.3 is 5.97 Å². The number of phosphoric acid groups is 1. The Morgan fingerprint density at radius 2 is 0.928 bits per heavy atom. The number of hydrogen-bond acceptors (Lipinski definition) is 7. The molecule has 402 valence electrons. The normalized spacial score (nSPS) is 14.2. The third kappa shape index (κ3) is 50.4. The lowest BCUT2D eigenvalue weighted by molar-refractivity contribution is -0.870. The summed E-state index contributed by atoms with van der Waals surface area (Å²) in [6, 6.07) is -0.899. The van der Waals surface area contributed by atoms with E-state index >= 15 is 0 Å². The lowest BCUT2D eigenvalue weighted by atomic mass is 10.0. The van der Waals surface area contributed by atoms with Crippen molar-refractivity contribution in [1.29, 1.82) is 0 Å². The minimum absolute atomic E-state index is 0.0281. The molecular weight excluding hydrogens is 880 g/mol. The van der Waals surface area contributed by atoms with Gasteiger partial charge in [0.25, 0.3) is 7.82 Å². The van der Waals surface area contributed by atoms with Gasteiger partial charge in [0.1, 0.15) is 19.3 Å². The molecule has 9 nitrogen and oxygen atoms in total. The number of amides is 1. The number of hydrogen-bond donors (Lipinski definition) is 1. The third-order valence-corrected chi connectivity index (χ3v) is 13.4. The summed E-state index contributed by atoms with van der Waals surface area (Å²) < 4.78 is 30.2. The lowest BCUT2D eigenvalue weighted by Crippen LogP contribution is -2.47. The molecule has 0 aromatic rings. The van der Waals surface area contributed by atoms with E-state index in [2.05, 4.69) is 74.7 Å². The summed E-state index contributed by atoms with van der Waals surface area (Å²) in [5, 5.41) is 3.01. The van der Waals surface area contributed by atoms with E-state index in [0.717, 1.165) is 96.3 Å². The number of nitrogens with one attached hydrogen (secondary N) is 1. The standard InChI is InChI=1S/C59H109N2O7P/c1-7-10-13-16-19-22-25-28-30-31-32-33-36-39-42-45-48-51-58(62)60-56(55-67-69(64,65)66-54-53-61(4,5)6)57(50-47-44-41-38-35-27-24-21-18-15-12-9-3)68-59(63)52-49-46-43-40-37-34-29-26-23-20-17-14-11-8-2/h11,14,20,23,28-30,34,47,50,56-57H,7-10,12-13,15-19,21-22,24-27,31-33,35-46,48-49,51-55H2,1-6H3,(H-,60,62,64,65)/b14-11+,23-20+,30-28+,34-29+,50-47+. The predicted octanol–water partition coefficient (Wildman–Crippen LogP) is 16.5. The number of likely N-dealkylation sites (N-methyl/N-ethyl adjacent to an activating group) is 1. The van der Waals surface area contributed by atoms with Crippen molar-refractivity contribution in [3.8, 4) is 0 Å². The van der Waals surface area contributed by atoms with Crippen LogP contribution in [0.1, 0.15) is 252 Å². The Morgan fingerprint density at radius 3 is 1.41 bits per heavy atom. The first kappa shape index (κ1) is 66.7. The van der Waals surface area contributed by atoms with E-state index in [1.807, 2.05) is 33.3 Å². The Labute approximate surface area is 426 Å². The fourth-order valence-electron chi connectivity index (χ4n) is 8.00. The summed E-state index contributed by atoms with van der Waals surface area (Å²) in [5.74, 6) is -0.571. The van der Waals surface area contributed by atoms with E-state index in [4.69, 9.17) is 13.8 Å². The second kappa shape index (κ2) is 49.3. The molecule has 69 heavy (non-hydrogen) atoms. The van der Waals surface area contributed by atoms with Crippen molar-refractivity contribution in [3.63, 3.8) is 0 Å². The Bertz CT molecular complexity index is 1370. The molecule has 0 fully saturated rings. The summed E-state index contributed by atoms with van der Waals surface area (Å²) >= 11 is 0. The number of unbranched alkanes of at least 4 members (excludes halogenated alkanes) is 27. The van der Waals surface area contributed by atoms with Crippen molar-refractivity contribution >= 4 is 19.7 Å². The highest BCUT2D eigenvalue weighted by molar-refractivity contribution is 7.45. The van der Waals surface area contributed by atoms with Crippen molar-refractivity contribution in [1.82, 2.24) is 5.32 Å². The number of quaternary nitrogens is 1. The zero-order valence-corrected chi connectivity index (χ0v) is 46.7. The zero-order valence-electron chi connectivity index (χ0n) is 45.8. The maximum absolute atomic E-state index is 13.5. The highest BCUT2D eigenvalue weighted by atomic mass is 31.2. The van der Waals surface area contributed by atoms with Crippen LogP contribution in [0.4, 0.5) is 0 Å². The van der Waals surface area contributed by atoms with Gasteiger partial charge in [0.05, 0.1) is 33.8 Å². The van der Waals surface area contributed by atoms with E-state index in [1.165, 1.54) is 116 Å². The summed E-state index contributed by atoms with van der Waals surface area (Å²) in [6.07, 6.45) is 60.4. The van der Waals surface area contributed by atoms with Crippen molar-refractivity contribution in [2.45, 2.75) is 264 Å². The Hall–Kier alpha value is -2.29. The minimum Gasteiger partial charge on any atom is -0.756 e. The molecule has 0 saturated carbocycles. The van der Waals surface area contributed by atoms with Gasteiger partial charge in [-0.15, -0.1) is 0 Å². The molecule has 0 bridgehead atoms. The highest BCUT2D eigenvalue weighted by Gasteiger charge is 2.27. The molecule has 1 N–H and O–H groups in total. The van der Waals surface area contributed by atoms with Crippen molar-refractivity contribution in [2.75, 3.05) is 40.9 Å². The van der Waals surface area contributed by atoms with Gasteiger partial charge in [0.15, 0.2) is 0 Å². The molecule has 0 aromatic carbocycles. The summed E-state index contributed by atoms with van der Waals surface area (Å²) in [7, 11) is 1.17. The number of ether oxygens (including phenoxy) is 1. The van der Waals surface area contributed by atoms with Gasteiger partial charge in [0.2, 0.25) is 5.91 Å². The fourth-order valence-corrected chi connectivity index (χ4v) is 8.72. The van der Waals surface area contributed by atoms with Crippen LogP contribution in [0, 0.1) is 0 Å². The molecule has 0 aliphatic carbocycles. The molecule has 0 aliphatic rings. The summed E-state index contributed by atoms with van der Waals surface area (Å²) in [6.45, 7) is 6.70. The molecule has 0 heterocycles. The number of esters is 1. The van der Waals surface area contributed by atoms with Crippen molar-refractivity contribution in [2.24, 2.45) is 0 Å². The first-order chi connectivity index (χ1) is 33.4. The molecule has 0 aliphatic heterocycles. The number of carbonyl (C=O) groups is 2. The lowest BCUT2D eigenvalue weighted by Gasteiger charge is -2.30. The number of carbonyl (C=O) groups excluding carboxylic acids is 2. The largest absolute Gasteiger partial charge is 0.756 e. The van der Waals surface area contributed by atoms with Gasteiger partial charge in [-0.25, -0.2) is 0 Å². The Kier molecular flexibility index (Phi) is 47.7. The first-order valence-corrected chi connectivity index (χ1v) is 30.1. The van der Waals surface area contributed by atoms with Gasteiger partial charge in [-0.2, -0.15) is 0 Å². The van der Waals surface area contributed by atoms with Crippen LogP contribution in [0.25, 0.3) is 0 Å². The average Bonchev–Trinajstić information content (AvgIpc) is 3.31. The van der Waals surface area contributed by atoms with Crippen LogP contribution in [0.15, 0.2) is 60.8 Å². The molecule has 0 saturated heterocycles. The van der Waals surface area contributed by atoms with Crippen LogP contribution in [0.2, 0.25) is 0 Å². The van der Waals surface area contributed by atoms with Crippen LogP contribution in [0.5, 0.6) is 0 Å². The predicted molar refractivity (Wildman–Crippen MR) is 293 cm³/mol. The highest BCUT2D eigenvalue weighted by Crippen LogP contribution is 2.38. The molecule has 1 amide bonds. The molecule has 0 rings (SSSR count). The number of allylic oxidation sites excluding steroid dienone is 9. The van der Waals surface area contributed by atoms with E-state index in [0.29, 0.717) is 23.9 Å². The van der Waals surface area contributed by atoms with Gasteiger partial charge in [0, 0.05) is 12.8 Å². The van der Waals surface area contributed by atoms with Crippen LogP contribution in [-0.2, 0) is 27.9 Å². The molecule has 0 spiro atoms. The van der Waals surface area contributed by atoms with E-state index < -0.39 is 26.6 Å². The quantitative estimate of drug-likeness (QED) is 0.0212. The molecule has 10 heteroatoms. The monoisotopic (exact) mass is 989 g/mol. The molecule has 0 radical (unpaired) electrons. The Morgan fingerprint density at radius 1 is 0.522 bits per heavy atom. The SMILES string of the molecule is CC/C=C/C/C=C/C/C=C/CCCCCCC(=O)OC(/C=C/CCCCCCCCCCCC)C(COP(=O)([O-])OCC[N+](C)(C)C)NC(=O)CCCCCCCCC/C=C/CCCCCCCC. The van der Waals surface area contributed by atoms with E-state index in [-0.39, 0.29) is 24.9 Å². The fraction of sp³-hybridized carbons (Fsp3) is 0.797. The second-order valence-electron chi connectivity index (χ2n) is 20.4. The van der Waals surface area contributed by atoms with Crippen molar-refractivity contribution in [3.05, 3.63) is 60.8 Å². The first-order valence-electron chi connectivity index (χ1n) is 28.6. The van der Waals surface area contributed by atoms with Crippen LogP contribution in [0.3, 0.4) is 0 Å². The third-order valence-electron chi connectivity index (χ3n) is 12.4. The number of nitrogens with zero attached hydrogens (tertiary/aromatic N) is 1. The number of rotatable bonds is 51. The molecule has 3 unspecified atom stereocenters. The molecule has 0 aromatic heterocycles. The van der Waals surface area contributed by atoms with Gasteiger partial charge in [-0.1, -0.05) is 210 Å². The van der Waals surface area contributed by atoms with Gasteiger partial charge in [-0.05, 0) is 89.5 Å². The zero-order chi connectivity index (χ0) is 50.8. The van der Waals surface area contributed by atoms with Crippen LogP contribution in [-0.4, -0.2) is 69.4 Å². The average molecular weight is 990 g/mol. The molecule has 3 atom stereocenters. The van der Waals surface area contributed by atoms with Crippen LogP contribution >= 0.6 is 7.82 Å². The molecular formula is C59H109N2O7P. The number of phosphoric ester groups is 1. The second-order valence-corrected chi connectivity index (χ2v) is 21.8. The van der Waals surface area contributed by atoms with E-state index in [1.54, 1.807) is 0 Å². The summed E-state index contributed by atoms with van der Waals surface area (Å²) in [4.78, 5) is 39.8. The smallest absolute Gasteiger partial charge is 0.306 e. The minimum atomic E-state index is -4.70. The van der Waals surface area contributed by atoms with Gasteiger partial charge < -0.3 is 28.5 Å². The Balaban J connectivity index is 5.38. The maximum atomic E-state index is 13.5. The topological polar surface area (TPSA) is 114 Å². The van der Waals surface area contributed by atoms with Crippen LogP contribution < -0.4 is 10.2 Å². The van der Waals surface area contributed by atoms with E-state index in [9.17, 15) is 19.0 Å².